The van der Waals surface area contributed by atoms with Crippen molar-refractivity contribution in [1.29, 1.82) is 0 Å². The molecule has 0 fully saturated rings. The van der Waals surface area contributed by atoms with Crippen molar-refractivity contribution in [2.75, 3.05) is 6.54 Å². The topological polar surface area (TPSA) is 29.9 Å². The number of imidazole rings is 1. The third kappa shape index (κ3) is 3.20. The van der Waals surface area contributed by atoms with Gasteiger partial charge in [-0.3, -0.25) is 0 Å². The molecule has 96 valence electrons. The van der Waals surface area contributed by atoms with E-state index < -0.39 is 0 Å². The van der Waals surface area contributed by atoms with E-state index in [4.69, 9.17) is 0 Å². The van der Waals surface area contributed by atoms with E-state index >= 15 is 0 Å². The SMILES string of the molecule is Cc1cccc([C@H](C)NCCc2nccn2C)c1. The lowest BCUT2D eigenvalue weighted by Crippen LogP contribution is -2.22. The second kappa shape index (κ2) is 5.83. The van der Waals surface area contributed by atoms with Crippen LogP contribution in [0.15, 0.2) is 36.7 Å². The molecule has 0 unspecified atom stereocenters. The molecule has 0 radical (unpaired) electrons. The van der Waals surface area contributed by atoms with Gasteiger partial charge in [0.25, 0.3) is 0 Å². The summed E-state index contributed by atoms with van der Waals surface area (Å²) in [6, 6.07) is 9.03. The van der Waals surface area contributed by atoms with E-state index in [2.05, 4.69) is 53.0 Å². The highest BCUT2D eigenvalue weighted by Crippen LogP contribution is 2.13. The van der Waals surface area contributed by atoms with Crippen LogP contribution in [0.3, 0.4) is 0 Å². The van der Waals surface area contributed by atoms with Crippen LogP contribution in [0, 0.1) is 6.92 Å². The van der Waals surface area contributed by atoms with E-state index in [1.54, 1.807) is 0 Å². The van der Waals surface area contributed by atoms with Gasteiger partial charge in [0, 0.05) is 38.4 Å². The number of hydrogen-bond donors (Lipinski definition) is 1. The fourth-order valence-corrected chi connectivity index (χ4v) is 2.10. The molecule has 0 saturated heterocycles. The first kappa shape index (κ1) is 12.8. The van der Waals surface area contributed by atoms with Gasteiger partial charge in [0.2, 0.25) is 0 Å². The van der Waals surface area contributed by atoms with Gasteiger partial charge >= 0.3 is 0 Å². The number of aromatic nitrogens is 2. The van der Waals surface area contributed by atoms with Crippen molar-refractivity contribution >= 4 is 0 Å². The Bertz CT molecular complexity index is 502. The number of hydrogen-bond acceptors (Lipinski definition) is 2. The Balaban J connectivity index is 1.85. The highest BCUT2D eigenvalue weighted by molar-refractivity contribution is 5.24. The van der Waals surface area contributed by atoms with Gasteiger partial charge < -0.3 is 9.88 Å². The van der Waals surface area contributed by atoms with Crippen LogP contribution < -0.4 is 5.32 Å². The molecule has 1 aromatic heterocycles. The molecule has 0 saturated carbocycles. The second-order valence-electron chi connectivity index (χ2n) is 4.79. The van der Waals surface area contributed by atoms with Crippen molar-refractivity contribution in [3.05, 3.63) is 53.6 Å². The third-order valence-electron chi connectivity index (χ3n) is 3.26. The lowest BCUT2D eigenvalue weighted by atomic mass is 10.1. The van der Waals surface area contributed by atoms with Crippen LogP contribution in [0.5, 0.6) is 0 Å². The summed E-state index contributed by atoms with van der Waals surface area (Å²) in [6.45, 7) is 5.28. The molecule has 0 aliphatic rings. The standard InChI is InChI=1S/C15H21N3/c1-12-5-4-6-14(11-12)13(2)16-8-7-15-17-9-10-18(15)3/h4-6,9-11,13,16H,7-8H2,1-3H3/t13-/m0/s1. The van der Waals surface area contributed by atoms with Crippen molar-refractivity contribution in [3.8, 4) is 0 Å². The largest absolute Gasteiger partial charge is 0.338 e. The molecule has 1 atom stereocenters. The molecule has 0 aliphatic carbocycles. The molecule has 0 aliphatic heterocycles. The Morgan fingerprint density at radius 1 is 1.39 bits per heavy atom. The zero-order valence-corrected chi connectivity index (χ0v) is 11.4. The number of rotatable bonds is 5. The lowest BCUT2D eigenvalue weighted by Gasteiger charge is -2.14. The van der Waals surface area contributed by atoms with Crippen molar-refractivity contribution < 1.29 is 0 Å². The molecule has 3 nitrogen and oxygen atoms in total. The number of aryl methyl sites for hydroxylation is 2. The van der Waals surface area contributed by atoms with Crippen LogP contribution in [-0.4, -0.2) is 16.1 Å². The van der Waals surface area contributed by atoms with E-state index in [-0.39, 0.29) is 0 Å². The van der Waals surface area contributed by atoms with Crippen LogP contribution >= 0.6 is 0 Å². The van der Waals surface area contributed by atoms with E-state index in [9.17, 15) is 0 Å². The molecule has 1 aromatic carbocycles. The zero-order chi connectivity index (χ0) is 13.0. The third-order valence-corrected chi connectivity index (χ3v) is 3.26. The average Bonchev–Trinajstić information content (AvgIpc) is 2.75. The minimum atomic E-state index is 0.380. The smallest absolute Gasteiger partial charge is 0.109 e. The summed E-state index contributed by atoms with van der Waals surface area (Å²) < 4.78 is 2.07. The fraction of sp³-hybridized carbons (Fsp3) is 0.400. The van der Waals surface area contributed by atoms with Gasteiger partial charge in [-0.1, -0.05) is 29.8 Å². The summed E-state index contributed by atoms with van der Waals surface area (Å²) in [6.07, 6.45) is 4.79. The highest BCUT2D eigenvalue weighted by atomic mass is 15.0. The molecule has 1 heterocycles. The van der Waals surface area contributed by atoms with Crippen LogP contribution in [0.2, 0.25) is 0 Å². The quantitative estimate of drug-likeness (QED) is 0.875. The minimum absolute atomic E-state index is 0.380. The van der Waals surface area contributed by atoms with Crippen LogP contribution in [0.25, 0.3) is 0 Å². The maximum absolute atomic E-state index is 4.32. The maximum Gasteiger partial charge on any atom is 0.109 e. The zero-order valence-electron chi connectivity index (χ0n) is 11.4. The predicted octanol–water partition coefficient (Wildman–Crippen LogP) is 2.62. The molecule has 3 heteroatoms. The summed E-state index contributed by atoms with van der Waals surface area (Å²) in [4.78, 5) is 4.32. The van der Waals surface area contributed by atoms with E-state index in [1.807, 2.05) is 19.4 Å². The molecule has 2 rings (SSSR count). The molecule has 0 bridgehead atoms. The monoisotopic (exact) mass is 243 g/mol. The number of benzene rings is 1. The first-order valence-corrected chi connectivity index (χ1v) is 6.43. The summed E-state index contributed by atoms with van der Waals surface area (Å²) >= 11 is 0. The van der Waals surface area contributed by atoms with Gasteiger partial charge in [0.1, 0.15) is 5.82 Å². The Kier molecular flexibility index (Phi) is 4.15. The van der Waals surface area contributed by atoms with E-state index in [1.165, 1.54) is 11.1 Å². The van der Waals surface area contributed by atoms with Crippen molar-refractivity contribution in [1.82, 2.24) is 14.9 Å². The predicted molar refractivity (Wildman–Crippen MR) is 74.5 cm³/mol. The van der Waals surface area contributed by atoms with E-state index in [0.717, 1.165) is 18.8 Å². The Morgan fingerprint density at radius 2 is 2.22 bits per heavy atom. The Morgan fingerprint density at radius 3 is 2.89 bits per heavy atom. The lowest BCUT2D eigenvalue weighted by molar-refractivity contribution is 0.565. The van der Waals surface area contributed by atoms with Gasteiger partial charge in [0.05, 0.1) is 0 Å². The van der Waals surface area contributed by atoms with Crippen LogP contribution in [0.4, 0.5) is 0 Å². The normalized spacial score (nSPS) is 12.6. The molecule has 18 heavy (non-hydrogen) atoms. The number of nitrogens with one attached hydrogen (secondary N) is 1. The summed E-state index contributed by atoms with van der Waals surface area (Å²) in [5.74, 6) is 1.12. The first-order chi connectivity index (χ1) is 8.66. The summed E-state index contributed by atoms with van der Waals surface area (Å²) in [5.41, 5.74) is 2.65. The average molecular weight is 243 g/mol. The Hall–Kier alpha value is -1.61. The maximum atomic E-state index is 4.32. The van der Waals surface area contributed by atoms with E-state index in [0.29, 0.717) is 6.04 Å². The van der Waals surface area contributed by atoms with Gasteiger partial charge in [-0.05, 0) is 19.4 Å². The van der Waals surface area contributed by atoms with Crippen molar-refractivity contribution in [3.63, 3.8) is 0 Å². The second-order valence-corrected chi connectivity index (χ2v) is 4.79. The molecule has 2 aromatic rings. The van der Waals surface area contributed by atoms with Crippen molar-refractivity contribution in [2.24, 2.45) is 7.05 Å². The molecule has 0 spiro atoms. The van der Waals surface area contributed by atoms with Crippen LogP contribution in [0.1, 0.15) is 29.9 Å². The highest BCUT2D eigenvalue weighted by Gasteiger charge is 2.05. The fourth-order valence-electron chi connectivity index (χ4n) is 2.10. The molecular formula is C15H21N3. The van der Waals surface area contributed by atoms with Gasteiger partial charge in [-0.2, -0.15) is 0 Å². The summed E-state index contributed by atoms with van der Waals surface area (Å²) in [7, 11) is 2.03. The molecule has 1 N–H and O–H groups in total. The molecular weight excluding hydrogens is 222 g/mol. The van der Waals surface area contributed by atoms with Gasteiger partial charge in [0.15, 0.2) is 0 Å². The minimum Gasteiger partial charge on any atom is -0.338 e. The number of nitrogens with zero attached hydrogens (tertiary/aromatic N) is 2. The summed E-state index contributed by atoms with van der Waals surface area (Å²) in [5, 5.41) is 3.54. The van der Waals surface area contributed by atoms with Crippen molar-refractivity contribution in [2.45, 2.75) is 26.3 Å². The first-order valence-electron chi connectivity index (χ1n) is 6.43. The van der Waals surface area contributed by atoms with Gasteiger partial charge in [-0.25, -0.2) is 4.98 Å². The molecule has 0 amide bonds. The van der Waals surface area contributed by atoms with Gasteiger partial charge in [-0.15, -0.1) is 0 Å². The van der Waals surface area contributed by atoms with Crippen LogP contribution in [-0.2, 0) is 13.5 Å². The Labute approximate surface area is 109 Å².